The van der Waals surface area contributed by atoms with Gasteiger partial charge in [-0.15, -0.1) is 0 Å². The minimum atomic E-state index is -0.747. The van der Waals surface area contributed by atoms with Crippen molar-refractivity contribution in [1.82, 2.24) is 0 Å². The first-order valence-corrected chi connectivity index (χ1v) is 8.56. The highest BCUT2D eigenvalue weighted by Gasteiger charge is 2.36. The monoisotopic (exact) mass is 362 g/mol. The number of halogens is 1. The Hall–Kier alpha value is -2.27. The zero-order chi connectivity index (χ0) is 18.1. The summed E-state index contributed by atoms with van der Waals surface area (Å²) in [6, 6.07) is 0.982. The summed E-state index contributed by atoms with van der Waals surface area (Å²) in [6.45, 7) is 1.80. The lowest BCUT2D eigenvalue weighted by molar-refractivity contribution is -0.114. The van der Waals surface area contributed by atoms with Crippen molar-refractivity contribution in [3.8, 4) is 11.5 Å². The van der Waals surface area contributed by atoms with Crippen LogP contribution in [0.5, 0.6) is 11.5 Å². The van der Waals surface area contributed by atoms with E-state index in [2.05, 4.69) is 0 Å². The van der Waals surface area contributed by atoms with Gasteiger partial charge in [0.05, 0.1) is 11.1 Å². The van der Waals surface area contributed by atoms with Gasteiger partial charge in [-0.1, -0.05) is 29.8 Å². The second kappa shape index (κ2) is 6.92. The third-order valence-corrected chi connectivity index (χ3v) is 4.97. The quantitative estimate of drug-likeness (QED) is 0.689. The summed E-state index contributed by atoms with van der Waals surface area (Å²) < 4.78 is 5.44. The van der Waals surface area contributed by atoms with Gasteiger partial charge in [0, 0.05) is 18.1 Å². The number of fused-ring (bicyclic) bond motifs is 2. The van der Waals surface area contributed by atoms with Gasteiger partial charge in [-0.25, -0.2) is 4.79 Å². The van der Waals surface area contributed by atoms with E-state index in [4.69, 9.17) is 16.3 Å². The number of carbonyl (C=O) groups excluding carboxylic acids is 2. The summed E-state index contributed by atoms with van der Waals surface area (Å²) in [5.41, 5.74) is -0.104. The van der Waals surface area contributed by atoms with Crippen molar-refractivity contribution in [1.29, 1.82) is 0 Å². The Bertz CT molecular complexity index is 781. The number of esters is 1. The van der Waals surface area contributed by atoms with E-state index < -0.39 is 17.5 Å². The molecule has 1 fully saturated rings. The number of phenols is 2. The molecule has 6 heteroatoms. The Balaban J connectivity index is 2.01. The highest BCUT2D eigenvalue weighted by molar-refractivity contribution is 6.33. The maximum atomic E-state index is 12.5. The summed E-state index contributed by atoms with van der Waals surface area (Å²) in [6.07, 6.45) is 8.13. The van der Waals surface area contributed by atoms with Crippen LogP contribution in [-0.2, 0) is 16.0 Å². The first-order chi connectivity index (χ1) is 11.9. The van der Waals surface area contributed by atoms with Crippen LogP contribution in [0.1, 0.15) is 35.7 Å². The second-order valence-corrected chi connectivity index (χ2v) is 6.96. The van der Waals surface area contributed by atoms with Gasteiger partial charge in [-0.05, 0) is 37.7 Å². The Kier molecular flexibility index (Phi) is 4.86. The number of ketones is 1. The largest absolute Gasteiger partial charge is 0.507 e. The van der Waals surface area contributed by atoms with Gasteiger partial charge in [0.2, 0.25) is 0 Å². The van der Waals surface area contributed by atoms with Crippen molar-refractivity contribution in [2.45, 2.75) is 32.3 Å². The highest BCUT2D eigenvalue weighted by atomic mass is 35.5. The normalized spacial score (nSPS) is 29.0. The molecule has 25 heavy (non-hydrogen) atoms. The summed E-state index contributed by atoms with van der Waals surface area (Å²) >= 11 is 6.07. The molecule has 1 aliphatic carbocycles. The Labute approximate surface area is 150 Å². The highest BCUT2D eigenvalue weighted by Crippen LogP contribution is 2.44. The van der Waals surface area contributed by atoms with E-state index in [1.807, 2.05) is 12.2 Å². The van der Waals surface area contributed by atoms with Crippen molar-refractivity contribution in [2.75, 3.05) is 0 Å². The predicted molar refractivity (Wildman–Crippen MR) is 92.9 cm³/mol. The minimum absolute atomic E-state index is 0.0661. The van der Waals surface area contributed by atoms with Crippen LogP contribution in [0.4, 0.5) is 0 Å². The van der Waals surface area contributed by atoms with Gasteiger partial charge in [-0.3, -0.25) is 4.79 Å². The van der Waals surface area contributed by atoms with Gasteiger partial charge in [-0.2, -0.15) is 0 Å². The van der Waals surface area contributed by atoms with Crippen LogP contribution in [0.15, 0.2) is 30.4 Å². The van der Waals surface area contributed by atoms with Gasteiger partial charge in [0.1, 0.15) is 17.1 Å². The molecule has 2 N–H and O–H groups in total. The van der Waals surface area contributed by atoms with Crippen LogP contribution in [0, 0.1) is 11.8 Å². The molecule has 0 radical (unpaired) electrons. The van der Waals surface area contributed by atoms with E-state index in [9.17, 15) is 19.8 Å². The van der Waals surface area contributed by atoms with Crippen LogP contribution in [-0.4, -0.2) is 28.1 Å². The van der Waals surface area contributed by atoms with Gasteiger partial charge >= 0.3 is 5.97 Å². The molecule has 3 rings (SSSR count). The van der Waals surface area contributed by atoms with Crippen molar-refractivity contribution >= 4 is 23.4 Å². The molecular weight excluding hydrogens is 344 g/mol. The number of aromatic hydroxyl groups is 2. The first kappa shape index (κ1) is 17.5. The van der Waals surface area contributed by atoms with E-state index in [0.717, 1.165) is 18.9 Å². The topological polar surface area (TPSA) is 83.8 Å². The van der Waals surface area contributed by atoms with Gasteiger partial charge < -0.3 is 14.9 Å². The Morgan fingerprint density at radius 2 is 1.92 bits per heavy atom. The number of allylic oxidation sites excluding steroid dienone is 4. The average molecular weight is 363 g/mol. The lowest BCUT2D eigenvalue weighted by atomic mass is 10.00. The average Bonchev–Trinajstić information content (AvgIpc) is 3.25. The van der Waals surface area contributed by atoms with Gasteiger partial charge in [0.15, 0.2) is 5.78 Å². The molecule has 3 atom stereocenters. The van der Waals surface area contributed by atoms with E-state index in [-0.39, 0.29) is 34.5 Å². The zero-order valence-electron chi connectivity index (χ0n) is 13.7. The third kappa shape index (κ3) is 3.87. The molecule has 0 saturated heterocycles. The zero-order valence-corrected chi connectivity index (χ0v) is 14.5. The van der Waals surface area contributed by atoms with Crippen molar-refractivity contribution < 1.29 is 24.5 Å². The standard InChI is InChI=1S/C19H19ClO5/c1-10-6-12-7-11(12)4-2-3-5-13(21)8-14-17(19(24)25-10)15(22)9-16(23)18(14)20/h2-5,9-12,22-23H,6-8H2,1H3/b4-2+,5-3+/t10-,11+,12+/m0/s1. The molecule has 132 valence electrons. The number of rotatable bonds is 0. The smallest absolute Gasteiger partial charge is 0.342 e. The summed E-state index contributed by atoms with van der Waals surface area (Å²) in [5.74, 6) is -1.01. The summed E-state index contributed by atoms with van der Waals surface area (Å²) in [4.78, 5) is 24.7. The number of cyclic esters (lactones) is 1. The lowest BCUT2D eigenvalue weighted by Gasteiger charge is -2.17. The summed E-state index contributed by atoms with van der Waals surface area (Å²) in [5, 5.41) is 19.8. The molecule has 0 amide bonds. The van der Waals surface area contributed by atoms with E-state index in [1.165, 1.54) is 6.08 Å². The van der Waals surface area contributed by atoms with E-state index >= 15 is 0 Å². The Morgan fingerprint density at radius 1 is 1.16 bits per heavy atom. The molecule has 0 aromatic heterocycles. The maximum Gasteiger partial charge on any atom is 0.342 e. The molecule has 0 bridgehead atoms. The van der Waals surface area contributed by atoms with Crippen LogP contribution < -0.4 is 0 Å². The number of hydrogen-bond acceptors (Lipinski definition) is 5. The Morgan fingerprint density at radius 3 is 2.68 bits per heavy atom. The molecule has 5 nitrogen and oxygen atoms in total. The maximum absolute atomic E-state index is 12.5. The lowest BCUT2D eigenvalue weighted by Crippen LogP contribution is -2.18. The molecule has 1 saturated carbocycles. The fraction of sp³-hybridized carbons (Fsp3) is 0.368. The van der Waals surface area contributed by atoms with E-state index in [0.29, 0.717) is 11.8 Å². The van der Waals surface area contributed by atoms with Gasteiger partial charge in [0.25, 0.3) is 0 Å². The molecule has 0 unspecified atom stereocenters. The molecule has 2 aliphatic rings. The van der Waals surface area contributed by atoms with Crippen LogP contribution in [0.25, 0.3) is 0 Å². The van der Waals surface area contributed by atoms with Crippen molar-refractivity contribution in [2.24, 2.45) is 11.8 Å². The third-order valence-electron chi connectivity index (χ3n) is 4.55. The SMILES string of the molecule is C[C@H]1C[C@@H]2C[C@H]2/C=C/C=C/C(=O)Cc2c(Cl)c(O)cc(O)c2C(=O)O1. The number of hydrogen-bond donors (Lipinski definition) is 2. The van der Waals surface area contributed by atoms with Crippen LogP contribution in [0.2, 0.25) is 5.02 Å². The molecule has 1 aromatic rings. The van der Waals surface area contributed by atoms with Crippen molar-refractivity contribution in [3.63, 3.8) is 0 Å². The van der Waals surface area contributed by atoms with Crippen LogP contribution in [0.3, 0.4) is 0 Å². The fourth-order valence-corrected chi connectivity index (χ4v) is 3.39. The molecule has 1 aliphatic heterocycles. The van der Waals surface area contributed by atoms with Crippen LogP contribution >= 0.6 is 11.6 Å². The number of carbonyl (C=O) groups is 2. The second-order valence-electron chi connectivity index (χ2n) is 6.58. The fourth-order valence-electron chi connectivity index (χ4n) is 3.17. The number of ether oxygens (including phenoxy) is 1. The molecule has 0 spiro atoms. The minimum Gasteiger partial charge on any atom is -0.507 e. The predicted octanol–water partition coefficient (Wildman–Crippen LogP) is 3.56. The first-order valence-electron chi connectivity index (χ1n) is 8.18. The molecular formula is C19H19ClO5. The molecule has 1 aromatic carbocycles. The number of benzene rings is 1. The van der Waals surface area contributed by atoms with Crippen molar-refractivity contribution in [3.05, 3.63) is 46.5 Å². The molecule has 1 heterocycles. The summed E-state index contributed by atoms with van der Waals surface area (Å²) in [7, 11) is 0. The van der Waals surface area contributed by atoms with E-state index in [1.54, 1.807) is 13.0 Å². The number of phenolic OH excluding ortho intramolecular Hbond substituents is 2.